The van der Waals surface area contributed by atoms with Gasteiger partial charge >= 0.3 is 5.97 Å². The van der Waals surface area contributed by atoms with Crippen molar-refractivity contribution in [3.63, 3.8) is 0 Å². The number of esters is 1. The summed E-state index contributed by atoms with van der Waals surface area (Å²) in [6, 6.07) is 11.4. The van der Waals surface area contributed by atoms with E-state index >= 15 is 0 Å². The van der Waals surface area contributed by atoms with Crippen LogP contribution in [0.5, 0.6) is 0 Å². The van der Waals surface area contributed by atoms with E-state index in [1.54, 1.807) is 4.90 Å². The molecular weight excluding hydrogens is 372 g/mol. The van der Waals surface area contributed by atoms with Crippen molar-refractivity contribution in [2.75, 3.05) is 6.54 Å². The van der Waals surface area contributed by atoms with Crippen LogP contribution in [0.15, 0.2) is 42.5 Å². The number of hydrogen-bond acceptors (Lipinski definition) is 5. The molecule has 0 radical (unpaired) electrons. The first-order valence-electron chi connectivity index (χ1n) is 8.37. The fraction of sp³-hybridized carbons (Fsp3) is 0.263. The predicted molar refractivity (Wildman–Crippen MR) is 98.5 cm³/mol. The Balaban J connectivity index is 1.69. The second-order valence-electron chi connectivity index (χ2n) is 6.25. The van der Waals surface area contributed by atoms with Crippen LogP contribution in [0.25, 0.3) is 0 Å². The topological polar surface area (TPSA) is 89.7 Å². The number of halogens is 1. The number of benzene rings is 2. The molecule has 0 unspecified atom stereocenters. The van der Waals surface area contributed by atoms with Crippen molar-refractivity contribution in [3.05, 3.63) is 74.3 Å². The number of nitro groups is 1. The minimum absolute atomic E-state index is 0.0251. The summed E-state index contributed by atoms with van der Waals surface area (Å²) in [4.78, 5) is 36.9. The van der Waals surface area contributed by atoms with Crippen molar-refractivity contribution in [1.29, 1.82) is 0 Å². The Hall–Kier alpha value is -2.93. The summed E-state index contributed by atoms with van der Waals surface area (Å²) in [6.45, 7) is 2.47. The van der Waals surface area contributed by atoms with Gasteiger partial charge in [-0.1, -0.05) is 35.9 Å². The highest BCUT2D eigenvalue weighted by molar-refractivity contribution is 6.33. The molecule has 27 heavy (non-hydrogen) atoms. The summed E-state index contributed by atoms with van der Waals surface area (Å²) in [5, 5.41) is 10.9. The van der Waals surface area contributed by atoms with E-state index in [2.05, 4.69) is 0 Å². The third kappa shape index (κ3) is 4.09. The number of ether oxygens (including phenoxy) is 1. The summed E-state index contributed by atoms with van der Waals surface area (Å²) in [5.41, 5.74) is 1.85. The minimum Gasteiger partial charge on any atom is -0.449 e. The number of non-ortho nitro benzene ring substituents is 1. The molecule has 7 nitrogen and oxygen atoms in total. The van der Waals surface area contributed by atoms with E-state index in [4.69, 9.17) is 16.3 Å². The number of amides is 1. The molecule has 140 valence electrons. The van der Waals surface area contributed by atoms with E-state index in [-0.39, 0.29) is 22.2 Å². The van der Waals surface area contributed by atoms with Crippen molar-refractivity contribution >= 4 is 29.2 Å². The smallest absolute Gasteiger partial charge is 0.340 e. The first kappa shape index (κ1) is 18.8. The average Bonchev–Trinajstić information content (AvgIpc) is 2.66. The highest BCUT2D eigenvalue weighted by atomic mass is 35.5. The zero-order chi connectivity index (χ0) is 19.6. The maximum Gasteiger partial charge on any atom is 0.340 e. The Kier molecular flexibility index (Phi) is 5.41. The molecule has 1 aliphatic rings. The lowest BCUT2D eigenvalue weighted by Gasteiger charge is -2.30. The number of hydrogen-bond donors (Lipinski definition) is 0. The number of carbonyl (C=O) groups excluding carboxylic acids is 2. The second kappa shape index (κ2) is 7.75. The van der Waals surface area contributed by atoms with Crippen molar-refractivity contribution in [3.8, 4) is 0 Å². The number of fused-ring (bicyclic) bond motifs is 1. The van der Waals surface area contributed by atoms with Crippen LogP contribution >= 0.6 is 11.6 Å². The SMILES string of the molecule is C[C@H](OC(=O)c1cc([N+](=O)[O-])ccc1Cl)C(=O)N1CCc2ccccc2C1. The van der Waals surface area contributed by atoms with E-state index in [0.29, 0.717) is 13.1 Å². The van der Waals surface area contributed by atoms with Crippen molar-refractivity contribution in [1.82, 2.24) is 4.90 Å². The number of nitrogens with zero attached hydrogens (tertiary/aromatic N) is 2. The highest BCUT2D eigenvalue weighted by Gasteiger charge is 2.28. The lowest BCUT2D eigenvalue weighted by Crippen LogP contribution is -2.42. The molecule has 3 rings (SSSR count). The highest BCUT2D eigenvalue weighted by Crippen LogP contribution is 2.24. The maximum atomic E-state index is 12.6. The number of nitro benzene ring substituents is 1. The maximum absolute atomic E-state index is 12.6. The van der Waals surface area contributed by atoms with Gasteiger partial charge in [0.15, 0.2) is 6.10 Å². The van der Waals surface area contributed by atoms with Crippen LogP contribution in [0.3, 0.4) is 0 Å². The lowest BCUT2D eigenvalue weighted by molar-refractivity contribution is -0.384. The van der Waals surface area contributed by atoms with E-state index in [1.165, 1.54) is 24.6 Å². The van der Waals surface area contributed by atoms with Gasteiger partial charge in [-0.15, -0.1) is 0 Å². The Morgan fingerprint density at radius 3 is 2.63 bits per heavy atom. The van der Waals surface area contributed by atoms with E-state index in [0.717, 1.165) is 18.1 Å². The summed E-state index contributed by atoms with van der Waals surface area (Å²) < 4.78 is 5.22. The van der Waals surface area contributed by atoms with Crippen molar-refractivity contribution in [2.24, 2.45) is 0 Å². The molecule has 0 bridgehead atoms. The standard InChI is InChI=1S/C19H17ClN2O5/c1-12(18(23)21-9-8-13-4-2-3-5-14(13)11-21)27-19(24)16-10-15(22(25)26)6-7-17(16)20/h2-7,10,12H,8-9,11H2,1H3/t12-/m0/s1. The predicted octanol–water partition coefficient (Wildman–Crippen LogP) is 3.38. The Labute approximate surface area is 160 Å². The quantitative estimate of drug-likeness (QED) is 0.455. The zero-order valence-corrected chi connectivity index (χ0v) is 15.3. The molecule has 1 amide bonds. The van der Waals surface area contributed by atoms with Gasteiger partial charge in [-0.05, 0) is 30.5 Å². The molecule has 1 aliphatic heterocycles. The lowest BCUT2D eigenvalue weighted by atomic mass is 9.99. The van der Waals surface area contributed by atoms with E-state index in [1.807, 2.05) is 24.3 Å². The summed E-state index contributed by atoms with van der Waals surface area (Å²) in [5.74, 6) is -1.19. The Morgan fingerprint density at radius 2 is 1.93 bits per heavy atom. The van der Waals surface area contributed by atoms with Crippen molar-refractivity contribution in [2.45, 2.75) is 26.0 Å². The van der Waals surface area contributed by atoms with E-state index < -0.39 is 17.0 Å². The van der Waals surface area contributed by atoms with Crippen LogP contribution in [0.1, 0.15) is 28.4 Å². The molecule has 0 aromatic heterocycles. The van der Waals surface area contributed by atoms with Gasteiger partial charge in [0.25, 0.3) is 11.6 Å². The summed E-state index contributed by atoms with van der Waals surface area (Å²) >= 11 is 5.94. The van der Waals surface area contributed by atoms with Gasteiger partial charge in [0, 0.05) is 25.2 Å². The third-order valence-corrected chi connectivity index (χ3v) is 4.78. The van der Waals surface area contributed by atoms with Gasteiger partial charge < -0.3 is 9.64 Å². The van der Waals surface area contributed by atoms with Crippen LogP contribution in [0.2, 0.25) is 5.02 Å². The van der Waals surface area contributed by atoms with Crippen LogP contribution < -0.4 is 0 Å². The summed E-state index contributed by atoms with van der Waals surface area (Å²) in [6.07, 6.45) is -0.294. The Morgan fingerprint density at radius 1 is 1.22 bits per heavy atom. The van der Waals surface area contributed by atoms with Gasteiger partial charge in [-0.3, -0.25) is 14.9 Å². The second-order valence-corrected chi connectivity index (χ2v) is 6.65. The molecule has 0 saturated carbocycles. The van der Waals surface area contributed by atoms with Gasteiger partial charge in [0.2, 0.25) is 0 Å². The normalized spacial score (nSPS) is 14.2. The first-order chi connectivity index (χ1) is 12.9. The Bertz CT molecular complexity index is 915. The monoisotopic (exact) mass is 388 g/mol. The molecule has 0 spiro atoms. The fourth-order valence-corrected chi connectivity index (χ4v) is 3.19. The third-order valence-electron chi connectivity index (χ3n) is 4.45. The molecule has 1 heterocycles. The molecule has 0 aliphatic carbocycles. The molecule has 8 heteroatoms. The van der Waals surface area contributed by atoms with Crippen molar-refractivity contribution < 1.29 is 19.2 Å². The average molecular weight is 389 g/mol. The molecule has 2 aromatic carbocycles. The number of rotatable bonds is 4. The van der Waals surface area contributed by atoms with Crippen LogP contribution in [0.4, 0.5) is 5.69 Å². The fourth-order valence-electron chi connectivity index (χ4n) is 3.00. The molecule has 0 N–H and O–H groups in total. The molecule has 0 saturated heterocycles. The van der Waals surface area contributed by atoms with Gasteiger partial charge in [-0.25, -0.2) is 4.79 Å². The molecule has 0 fully saturated rings. The minimum atomic E-state index is -1.03. The van der Waals surface area contributed by atoms with Gasteiger partial charge in [0.1, 0.15) is 0 Å². The number of carbonyl (C=O) groups is 2. The molecular formula is C19H17ClN2O5. The van der Waals surface area contributed by atoms with Crippen LogP contribution in [0, 0.1) is 10.1 Å². The van der Waals surface area contributed by atoms with Crippen LogP contribution in [-0.4, -0.2) is 34.3 Å². The zero-order valence-electron chi connectivity index (χ0n) is 14.6. The first-order valence-corrected chi connectivity index (χ1v) is 8.75. The van der Waals surface area contributed by atoms with E-state index in [9.17, 15) is 19.7 Å². The van der Waals surface area contributed by atoms with Gasteiger partial charge in [-0.2, -0.15) is 0 Å². The largest absolute Gasteiger partial charge is 0.449 e. The summed E-state index contributed by atoms with van der Waals surface area (Å²) in [7, 11) is 0. The van der Waals surface area contributed by atoms with Crippen LogP contribution in [-0.2, 0) is 22.5 Å². The van der Waals surface area contributed by atoms with Gasteiger partial charge in [0.05, 0.1) is 15.5 Å². The molecule has 2 aromatic rings. The molecule has 1 atom stereocenters.